The lowest BCUT2D eigenvalue weighted by Gasteiger charge is -2.18. The minimum absolute atomic E-state index is 0.260. The van der Waals surface area contributed by atoms with Crippen LogP contribution < -0.4 is 4.90 Å². The molecular weight excluding hydrogens is 487 g/mol. The molecule has 138 valence electrons. The molecule has 0 radical (unpaired) electrons. The van der Waals surface area contributed by atoms with Crippen LogP contribution in [0.2, 0.25) is 0 Å². The lowest BCUT2D eigenvalue weighted by Crippen LogP contribution is -2.32. The van der Waals surface area contributed by atoms with E-state index in [2.05, 4.69) is 36.9 Å². The normalized spacial score (nSPS) is 15.2. The summed E-state index contributed by atoms with van der Waals surface area (Å²) in [6.45, 7) is 0. The van der Waals surface area contributed by atoms with Crippen molar-refractivity contribution in [1.29, 1.82) is 0 Å². The Hall–Kier alpha value is -2.57. The van der Waals surface area contributed by atoms with Crippen molar-refractivity contribution in [1.82, 2.24) is 0 Å². The first-order valence-electron chi connectivity index (χ1n) is 8.43. The van der Waals surface area contributed by atoms with Gasteiger partial charge < -0.3 is 0 Å². The maximum Gasteiger partial charge on any atom is 0.282 e. The topological polar surface area (TPSA) is 32.7 Å². The number of nitrogens with zero attached hydrogens (tertiary/aromatic N) is 2. The number of hydrogen-bond donors (Lipinski definition) is 0. The summed E-state index contributed by atoms with van der Waals surface area (Å²) in [6.07, 6.45) is 1.75. The minimum Gasteiger partial charge on any atom is -0.266 e. The highest BCUT2D eigenvalue weighted by atomic mass is 79.9. The highest BCUT2D eigenvalue weighted by molar-refractivity contribution is 9.10. The van der Waals surface area contributed by atoms with Gasteiger partial charge in [0.25, 0.3) is 5.91 Å². The molecule has 1 amide bonds. The molecule has 0 unspecified atom stereocenters. The standard InChI is InChI=1S/C22H13Br2FN2O/c23-16-6-4-15(5-7-16)21-26-20(13-14-2-1-3-17(24)12-14)22(28)27(21)19-10-8-18(25)9-11-19/h1-13H/b20-13+. The summed E-state index contributed by atoms with van der Waals surface area (Å²) in [7, 11) is 0. The fourth-order valence-electron chi connectivity index (χ4n) is 2.89. The number of benzene rings is 3. The molecule has 0 N–H and O–H groups in total. The van der Waals surface area contributed by atoms with Crippen LogP contribution in [0.15, 0.2) is 92.4 Å². The summed E-state index contributed by atoms with van der Waals surface area (Å²) in [5.74, 6) is -0.114. The summed E-state index contributed by atoms with van der Waals surface area (Å²) < 4.78 is 15.2. The van der Waals surface area contributed by atoms with Crippen molar-refractivity contribution in [2.24, 2.45) is 4.99 Å². The number of amides is 1. The fourth-order valence-corrected chi connectivity index (χ4v) is 3.57. The van der Waals surface area contributed by atoms with Crippen LogP contribution in [0, 0.1) is 5.82 Å². The molecule has 3 aromatic carbocycles. The molecule has 0 aliphatic carbocycles. The summed E-state index contributed by atoms with van der Waals surface area (Å²) in [5.41, 5.74) is 2.53. The number of halogens is 3. The molecule has 28 heavy (non-hydrogen) atoms. The van der Waals surface area contributed by atoms with E-state index in [4.69, 9.17) is 0 Å². The minimum atomic E-state index is -0.359. The van der Waals surface area contributed by atoms with Crippen LogP contribution >= 0.6 is 31.9 Å². The van der Waals surface area contributed by atoms with E-state index < -0.39 is 0 Å². The Labute approximate surface area is 178 Å². The third kappa shape index (κ3) is 3.84. The first-order valence-corrected chi connectivity index (χ1v) is 10.0. The number of hydrogen-bond acceptors (Lipinski definition) is 2. The molecule has 0 bridgehead atoms. The Bertz CT molecular complexity index is 1110. The van der Waals surface area contributed by atoms with Gasteiger partial charge in [0.15, 0.2) is 0 Å². The molecule has 1 aliphatic rings. The predicted octanol–water partition coefficient (Wildman–Crippen LogP) is 6.19. The highest BCUT2D eigenvalue weighted by Gasteiger charge is 2.32. The SMILES string of the molecule is O=C1/C(=C\c2cccc(Br)c2)N=C(c2ccc(Br)cc2)N1c1ccc(F)cc1. The van der Waals surface area contributed by atoms with Gasteiger partial charge in [-0.1, -0.05) is 56.1 Å². The molecule has 0 spiro atoms. The smallest absolute Gasteiger partial charge is 0.266 e. The van der Waals surface area contributed by atoms with Crippen molar-refractivity contribution in [3.63, 3.8) is 0 Å². The van der Waals surface area contributed by atoms with Gasteiger partial charge in [-0.25, -0.2) is 9.38 Å². The van der Waals surface area contributed by atoms with E-state index in [-0.39, 0.29) is 11.7 Å². The summed E-state index contributed by atoms with van der Waals surface area (Å²) >= 11 is 6.86. The van der Waals surface area contributed by atoms with Gasteiger partial charge in [0, 0.05) is 14.5 Å². The number of amidine groups is 1. The Kier molecular flexibility index (Phi) is 5.24. The van der Waals surface area contributed by atoms with Gasteiger partial charge in [-0.15, -0.1) is 0 Å². The van der Waals surface area contributed by atoms with Crippen LogP contribution in [0.3, 0.4) is 0 Å². The van der Waals surface area contributed by atoms with Crippen molar-refractivity contribution in [2.75, 3.05) is 4.90 Å². The summed E-state index contributed by atoms with van der Waals surface area (Å²) in [6, 6.07) is 21.0. The molecule has 0 saturated heterocycles. The first-order chi connectivity index (χ1) is 13.5. The molecule has 0 atom stereocenters. The zero-order chi connectivity index (χ0) is 19.7. The van der Waals surface area contributed by atoms with Gasteiger partial charge in [0.1, 0.15) is 17.3 Å². The average Bonchev–Trinajstić information content (AvgIpc) is 2.99. The Morgan fingerprint density at radius 2 is 1.61 bits per heavy atom. The number of carbonyl (C=O) groups excluding carboxylic acids is 1. The Morgan fingerprint density at radius 1 is 0.893 bits per heavy atom. The molecule has 4 rings (SSSR count). The number of anilines is 1. The van der Waals surface area contributed by atoms with Crippen molar-refractivity contribution in [2.45, 2.75) is 0 Å². The quantitative estimate of drug-likeness (QED) is 0.396. The molecule has 1 heterocycles. The lowest BCUT2D eigenvalue weighted by molar-refractivity contribution is -0.113. The predicted molar refractivity (Wildman–Crippen MR) is 117 cm³/mol. The molecule has 0 saturated carbocycles. The number of rotatable bonds is 3. The first kappa shape index (κ1) is 18.8. The van der Waals surface area contributed by atoms with Crippen LogP contribution in [-0.4, -0.2) is 11.7 Å². The zero-order valence-electron chi connectivity index (χ0n) is 14.4. The molecule has 6 heteroatoms. The van der Waals surface area contributed by atoms with Gasteiger partial charge in [-0.2, -0.15) is 0 Å². The van der Waals surface area contributed by atoms with E-state index in [1.807, 2.05) is 48.5 Å². The van der Waals surface area contributed by atoms with Crippen LogP contribution in [0.1, 0.15) is 11.1 Å². The number of aliphatic imine (C=N–C) groups is 1. The molecular formula is C22H13Br2FN2O. The zero-order valence-corrected chi connectivity index (χ0v) is 17.6. The Morgan fingerprint density at radius 3 is 2.29 bits per heavy atom. The molecule has 0 fully saturated rings. The van der Waals surface area contributed by atoms with Gasteiger partial charge >= 0.3 is 0 Å². The maximum atomic E-state index is 13.4. The summed E-state index contributed by atoms with van der Waals surface area (Å²) in [4.78, 5) is 19.3. The van der Waals surface area contributed by atoms with E-state index in [0.29, 0.717) is 17.2 Å². The van der Waals surface area contributed by atoms with E-state index in [9.17, 15) is 9.18 Å². The van der Waals surface area contributed by atoms with Crippen LogP contribution in [0.4, 0.5) is 10.1 Å². The second-order valence-corrected chi connectivity index (χ2v) is 7.98. The van der Waals surface area contributed by atoms with Crippen LogP contribution in [0.25, 0.3) is 6.08 Å². The van der Waals surface area contributed by atoms with Crippen molar-refractivity contribution in [3.8, 4) is 0 Å². The van der Waals surface area contributed by atoms with Crippen LogP contribution in [-0.2, 0) is 4.79 Å². The van der Waals surface area contributed by atoms with Crippen LogP contribution in [0.5, 0.6) is 0 Å². The largest absolute Gasteiger partial charge is 0.282 e. The van der Waals surface area contributed by atoms with Crippen molar-refractivity contribution >= 4 is 55.4 Å². The molecule has 1 aliphatic heterocycles. The van der Waals surface area contributed by atoms with Gasteiger partial charge in [-0.3, -0.25) is 9.69 Å². The summed E-state index contributed by atoms with van der Waals surface area (Å²) in [5, 5.41) is 0. The van der Waals surface area contributed by atoms with Crippen molar-refractivity contribution < 1.29 is 9.18 Å². The third-order valence-electron chi connectivity index (χ3n) is 4.20. The Balaban J connectivity index is 1.82. The van der Waals surface area contributed by atoms with E-state index >= 15 is 0 Å². The lowest BCUT2D eigenvalue weighted by atomic mass is 10.1. The molecule has 3 nitrogen and oxygen atoms in total. The van der Waals surface area contributed by atoms with E-state index in [1.165, 1.54) is 17.0 Å². The fraction of sp³-hybridized carbons (Fsp3) is 0. The number of carbonyl (C=O) groups is 1. The van der Waals surface area contributed by atoms with E-state index in [1.54, 1.807) is 18.2 Å². The second-order valence-electron chi connectivity index (χ2n) is 6.14. The molecule has 0 aromatic heterocycles. The monoisotopic (exact) mass is 498 g/mol. The van der Waals surface area contributed by atoms with E-state index in [0.717, 1.165) is 20.1 Å². The van der Waals surface area contributed by atoms with Gasteiger partial charge in [0.2, 0.25) is 0 Å². The maximum absolute atomic E-state index is 13.4. The average molecular weight is 500 g/mol. The highest BCUT2D eigenvalue weighted by Crippen LogP contribution is 2.29. The van der Waals surface area contributed by atoms with Crippen molar-refractivity contribution in [3.05, 3.63) is 104 Å². The van der Waals surface area contributed by atoms with Gasteiger partial charge in [-0.05, 0) is 60.2 Å². The van der Waals surface area contributed by atoms with Gasteiger partial charge in [0.05, 0.1) is 5.69 Å². The third-order valence-corrected chi connectivity index (χ3v) is 5.22. The molecule has 3 aromatic rings. The second kappa shape index (κ2) is 7.81.